The van der Waals surface area contributed by atoms with Gasteiger partial charge >= 0.3 is 0 Å². The fraction of sp³-hybridized carbons (Fsp3) is 0.762. The average Bonchev–Trinajstić information content (AvgIpc) is 3.36. The van der Waals surface area contributed by atoms with E-state index in [2.05, 4.69) is 27.0 Å². The van der Waals surface area contributed by atoms with Crippen LogP contribution in [0.15, 0.2) is 12.3 Å². The quantitative estimate of drug-likeness (QED) is 0.862. The monoisotopic (exact) mass is 371 g/mol. The maximum atomic E-state index is 12.9. The number of likely N-dealkylation sites (tertiary alicyclic amines) is 1. The molecular weight excluding hydrogens is 338 g/mol. The fourth-order valence-electron chi connectivity index (χ4n) is 4.87. The molecule has 0 radical (unpaired) electrons. The van der Waals surface area contributed by atoms with Crippen LogP contribution in [0.4, 0.5) is 5.95 Å². The molecule has 1 N–H and O–H groups in total. The molecule has 6 nitrogen and oxygen atoms in total. The first-order valence-electron chi connectivity index (χ1n) is 10.7. The summed E-state index contributed by atoms with van der Waals surface area (Å²) in [7, 11) is 0. The largest absolute Gasteiger partial charge is 0.353 e. The van der Waals surface area contributed by atoms with E-state index in [0.717, 1.165) is 70.0 Å². The van der Waals surface area contributed by atoms with Gasteiger partial charge in [0.1, 0.15) is 0 Å². The summed E-state index contributed by atoms with van der Waals surface area (Å²) in [5.74, 6) is 1.11. The Kier molecular flexibility index (Phi) is 5.62. The second-order valence-corrected chi connectivity index (χ2v) is 8.87. The molecule has 6 heteroatoms. The standard InChI is InChI=1S/C21H33N5O/c1-21(19(27)23-17-7-2-3-8-17)10-6-12-25(16-21)15-18-9-11-22-20(24-18)26-13-4-5-14-26/h9,11,17H,2-8,10,12-16H2,1H3,(H,23,27). The van der Waals surface area contributed by atoms with Crippen molar-refractivity contribution in [1.29, 1.82) is 0 Å². The normalized spacial score (nSPS) is 27.2. The third-order valence-electron chi connectivity index (χ3n) is 6.49. The van der Waals surface area contributed by atoms with Gasteiger partial charge in [0.15, 0.2) is 0 Å². The van der Waals surface area contributed by atoms with Gasteiger partial charge in [0.05, 0.1) is 11.1 Å². The highest BCUT2D eigenvalue weighted by molar-refractivity contribution is 5.82. The molecule has 1 atom stereocenters. The third kappa shape index (κ3) is 4.42. The molecule has 1 aromatic heterocycles. The van der Waals surface area contributed by atoms with E-state index in [1.165, 1.54) is 25.7 Å². The van der Waals surface area contributed by atoms with Gasteiger partial charge in [-0.3, -0.25) is 9.69 Å². The predicted molar refractivity (Wildman–Crippen MR) is 106 cm³/mol. The van der Waals surface area contributed by atoms with Gasteiger partial charge in [-0.1, -0.05) is 12.8 Å². The Labute approximate surface area is 162 Å². The minimum atomic E-state index is -0.286. The summed E-state index contributed by atoms with van der Waals surface area (Å²) < 4.78 is 0. The molecule has 1 aromatic rings. The van der Waals surface area contributed by atoms with E-state index in [-0.39, 0.29) is 11.3 Å². The maximum absolute atomic E-state index is 12.9. The van der Waals surface area contributed by atoms with Crippen LogP contribution in [0.3, 0.4) is 0 Å². The van der Waals surface area contributed by atoms with E-state index in [9.17, 15) is 4.79 Å². The van der Waals surface area contributed by atoms with Crippen molar-refractivity contribution >= 4 is 11.9 Å². The first kappa shape index (κ1) is 18.7. The zero-order valence-electron chi connectivity index (χ0n) is 16.6. The molecule has 148 valence electrons. The lowest BCUT2D eigenvalue weighted by atomic mass is 9.80. The lowest BCUT2D eigenvalue weighted by molar-refractivity contribution is -0.134. The van der Waals surface area contributed by atoms with Crippen molar-refractivity contribution in [3.05, 3.63) is 18.0 Å². The zero-order chi connectivity index (χ0) is 18.7. The number of anilines is 1. The molecule has 1 unspecified atom stereocenters. The molecule has 3 fully saturated rings. The molecule has 0 bridgehead atoms. The van der Waals surface area contributed by atoms with Gasteiger partial charge in [0.2, 0.25) is 11.9 Å². The second kappa shape index (κ2) is 8.13. The van der Waals surface area contributed by atoms with E-state index >= 15 is 0 Å². The van der Waals surface area contributed by atoms with Crippen molar-refractivity contribution in [2.24, 2.45) is 5.41 Å². The first-order chi connectivity index (χ1) is 13.1. The molecule has 27 heavy (non-hydrogen) atoms. The van der Waals surface area contributed by atoms with E-state index in [1.807, 2.05) is 12.3 Å². The van der Waals surface area contributed by atoms with E-state index in [1.54, 1.807) is 0 Å². The number of hydrogen-bond donors (Lipinski definition) is 1. The smallest absolute Gasteiger partial charge is 0.227 e. The molecule has 1 amide bonds. The van der Waals surface area contributed by atoms with Crippen LogP contribution in [0.25, 0.3) is 0 Å². The molecule has 0 spiro atoms. The van der Waals surface area contributed by atoms with Crippen molar-refractivity contribution in [1.82, 2.24) is 20.2 Å². The highest BCUT2D eigenvalue weighted by Crippen LogP contribution is 2.31. The minimum absolute atomic E-state index is 0.250. The number of hydrogen-bond acceptors (Lipinski definition) is 5. The molecule has 3 heterocycles. The molecule has 2 aliphatic heterocycles. The van der Waals surface area contributed by atoms with Crippen LogP contribution in [-0.2, 0) is 11.3 Å². The van der Waals surface area contributed by atoms with Crippen LogP contribution in [0.5, 0.6) is 0 Å². The summed E-state index contributed by atoms with van der Waals surface area (Å²) in [6.45, 7) is 6.91. The Morgan fingerprint density at radius 3 is 2.74 bits per heavy atom. The van der Waals surface area contributed by atoms with Gasteiger partial charge in [-0.15, -0.1) is 0 Å². The predicted octanol–water partition coefficient (Wildman–Crippen LogP) is 2.74. The number of carbonyl (C=O) groups excluding carboxylic acids is 1. The Morgan fingerprint density at radius 2 is 1.96 bits per heavy atom. The number of nitrogens with one attached hydrogen (secondary N) is 1. The summed E-state index contributed by atoms with van der Waals surface area (Å²) in [6, 6.07) is 2.42. The summed E-state index contributed by atoms with van der Waals surface area (Å²) >= 11 is 0. The van der Waals surface area contributed by atoms with E-state index < -0.39 is 0 Å². The van der Waals surface area contributed by atoms with Gasteiger partial charge in [-0.25, -0.2) is 9.97 Å². The average molecular weight is 372 g/mol. The number of nitrogens with zero attached hydrogens (tertiary/aromatic N) is 4. The summed E-state index contributed by atoms with van der Waals surface area (Å²) in [4.78, 5) is 26.9. The van der Waals surface area contributed by atoms with Crippen LogP contribution in [0, 0.1) is 5.41 Å². The van der Waals surface area contributed by atoms with Crippen molar-refractivity contribution in [2.75, 3.05) is 31.1 Å². The summed E-state index contributed by atoms with van der Waals surface area (Å²) in [5.41, 5.74) is 0.776. The number of amides is 1. The van der Waals surface area contributed by atoms with Crippen LogP contribution in [-0.4, -0.2) is 53.0 Å². The van der Waals surface area contributed by atoms with Crippen molar-refractivity contribution in [3.8, 4) is 0 Å². The van der Waals surface area contributed by atoms with Crippen LogP contribution >= 0.6 is 0 Å². The molecular formula is C21H33N5O. The van der Waals surface area contributed by atoms with Crippen molar-refractivity contribution < 1.29 is 4.79 Å². The lowest BCUT2D eigenvalue weighted by Gasteiger charge is -2.39. The number of rotatable bonds is 5. The van der Waals surface area contributed by atoms with Gasteiger partial charge in [-0.05, 0) is 58.1 Å². The van der Waals surface area contributed by atoms with Crippen LogP contribution < -0.4 is 10.2 Å². The first-order valence-corrected chi connectivity index (χ1v) is 10.7. The van der Waals surface area contributed by atoms with Crippen molar-refractivity contribution in [2.45, 2.75) is 70.9 Å². The number of aromatic nitrogens is 2. The molecule has 1 aliphatic carbocycles. The Bertz CT molecular complexity index is 654. The SMILES string of the molecule is CC1(C(=O)NC2CCCC2)CCCN(Cc2ccnc(N3CCCC3)n2)C1. The van der Waals surface area contributed by atoms with Crippen molar-refractivity contribution in [3.63, 3.8) is 0 Å². The third-order valence-corrected chi connectivity index (χ3v) is 6.49. The van der Waals surface area contributed by atoms with Crippen LogP contribution in [0.1, 0.15) is 64.0 Å². The topological polar surface area (TPSA) is 61.4 Å². The zero-order valence-corrected chi connectivity index (χ0v) is 16.6. The van der Waals surface area contributed by atoms with E-state index in [4.69, 9.17) is 4.98 Å². The molecule has 0 aromatic carbocycles. The minimum Gasteiger partial charge on any atom is -0.353 e. The lowest BCUT2D eigenvalue weighted by Crippen LogP contribution is -2.51. The highest BCUT2D eigenvalue weighted by atomic mass is 16.2. The Morgan fingerprint density at radius 1 is 1.19 bits per heavy atom. The Balaban J connectivity index is 1.37. The summed E-state index contributed by atoms with van der Waals surface area (Å²) in [5, 5.41) is 3.32. The van der Waals surface area contributed by atoms with Gasteiger partial charge < -0.3 is 10.2 Å². The summed E-state index contributed by atoms with van der Waals surface area (Å²) in [6.07, 6.45) is 11.2. The number of piperidine rings is 1. The van der Waals surface area contributed by atoms with Gasteiger partial charge in [0.25, 0.3) is 0 Å². The van der Waals surface area contributed by atoms with Crippen LogP contribution in [0.2, 0.25) is 0 Å². The Hall–Kier alpha value is -1.69. The molecule has 4 rings (SSSR count). The number of carbonyl (C=O) groups is 1. The molecule has 3 aliphatic rings. The second-order valence-electron chi connectivity index (χ2n) is 8.87. The highest BCUT2D eigenvalue weighted by Gasteiger charge is 2.38. The molecule has 2 saturated heterocycles. The molecule has 1 saturated carbocycles. The maximum Gasteiger partial charge on any atom is 0.227 e. The fourth-order valence-corrected chi connectivity index (χ4v) is 4.87. The van der Waals surface area contributed by atoms with Gasteiger partial charge in [0, 0.05) is 38.4 Å². The van der Waals surface area contributed by atoms with E-state index in [0.29, 0.717) is 6.04 Å². The van der Waals surface area contributed by atoms with Gasteiger partial charge in [-0.2, -0.15) is 0 Å².